The van der Waals surface area contributed by atoms with Crippen LogP contribution in [0.25, 0.3) is 0 Å². The van der Waals surface area contributed by atoms with Crippen molar-refractivity contribution in [2.75, 3.05) is 59.5 Å². The van der Waals surface area contributed by atoms with Crippen LogP contribution in [0.2, 0.25) is 0 Å². The summed E-state index contributed by atoms with van der Waals surface area (Å²) in [6, 6.07) is 10.2. The minimum absolute atomic E-state index is 0. The average molecular weight is 544 g/mol. The SMILES string of the molecule is CCNC(=NCC1(N2CCCCC2)CCN(C)CC1)NCC(CO)c1ccccc1.I. The zero-order chi connectivity index (χ0) is 21.2. The Balaban J connectivity index is 0.00000341. The summed E-state index contributed by atoms with van der Waals surface area (Å²) in [7, 11) is 2.23. The highest BCUT2D eigenvalue weighted by Crippen LogP contribution is 2.31. The van der Waals surface area contributed by atoms with Crippen molar-refractivity contribution >= 4 is 29.9 Å². The zero-order valence-electron chi connectivity index (χ0n) is 19.4. The van der Waals surface area contributed by atoms with Gasteiger partial charge in [-0.15, -0.1) is 24.0 Å². The summed E-state index contributed by atoms with van der Waals surface area (Å²) in [5.74, 6) is 0.927. The van der Waals surface area contributed by atoms with Crippen LogP contribution in [-0.4, -0.2) is 85.9 Å². The van der Waals surface area contributed by atoms with Crippen LogP contribution in [0.1, 0.15) is 50.5 Å². The molecule has 1 aromatic rings. The van der Waals surface area contributed by atoms with Crippen molar-refractivity contribution in [2.45, 2.75) is 50.5 Å². The molecule has 0 aliphatic carbocycles. The van der Waals surface area contributed by atoms with Crippen LogP contribution in [0.4, 0.5) is 0 Å². The number of nitrogens with zero attached hydrogens (tertiary/aromatic N) is 3. The predicted molar refractivity (Wildman–Crippen MR) is 141 cm³/mol. The molecule has 1 atom stereocenters. The molecule has 3 N–H and O–H groups in total. The molecule has 31 heavy (non-hydrogen) atoms. The minimum Gasteiger partial charge on any atom is -0.396 e. The van der Waals surface area contributed by atoms with Crippen molar-refractivity contribution in [3.63, 3.8) is 0 Å². The maximum Gasteiger partial charge on any atom is 0.191 e. The Bertz CT molecular complexity index is 643. The van der Waals surface area contributed by atoms with Gasteiger partial charge in [0.1, 0.15) is 0 Å². The molecule has 7 heteroatoms. The molecule has 1 unspecified atom stereocenters. The summed E-state index contributed by atoms with van der Waals surface area (Å²) in [4.78, 5) is 10.2. The van der Waals surface area contributed by atoms with Gasteiger partial charge >= 0.3 is 0 Å². The van der Waals surface area contributed by atoms with Gasteiger partial charge < -0.3 is 20.6 Å². The summed E-state index contributed by atoms with van der Waals surface area (Å²) < 4.78 is 0. The molecule has 2 aliphatic heterocycles. The first kappa shape index (κ1) is 26.4. The van der Waals surface area contributed by atoms with Gasteiger partial charge in [-0.05, 0) is 71.4 Å². The Morgan fingerprint density at radius 1 is 1.06 bits per heavy atom. The smallest absolute Gasteiger partial charge is 0.191 e. The van der Waals surface area contributed by atoms with Gasteiger partial charge in [-0.2, -0.15) is 0 Å². The average Bonchev–Trinajstić information content (AvgIpc) is 2.80. The van der Waals surface area contributed by atoms with Crippen molar-refractivity contribution in [3.05, 3.63) is 35.9 Å². The number of piperidine rings is 2. The van der Waals surface area contributed by atoms with E-state index in [1.807, 2.05) is 18.2 Å². The number of hydrogen-bond donors (Lipinski definition) is 3. The van der Waals surface area contributed by atoms with E-state index in [1.54, 1.807) is 0 Å². The Kier molecular flexibility index (Phi) is 11.6. The van der Waals surface area contributed by atoms with Crippen LogP contribution in [0.5, 0.6) is 0 Å². The number of halogens is 1. The van der Waals surface area contributed by atoms with E-state index in [1.165, 1.54) is 45.2 Å². The molecule has 0 amide bonds. The van der Waals surface area contributed by atoms with Crippen LogP contribution in [0, 0.1) is 0 Å². The number of likely N-dealkylation sites (tertiary alicyclic amines) is 2. The Morgan fingerprint density at radius 2 is 1.74 bits per heavy atom. The quantitative estimate of drug-likeness (QED) is 0.268. The molecule has 3 rings (SSSR count). The van der Waals surface area contributed by atoms with Crippen molar-refractivity contribution < 1.29 is 5.11 Å². The van der Waals surface area contributed by atoms with E-state index in [-0.39, 0.29) is 42.0 Å². The maximum atomic E-state index is 9.88. The van der Waals surface area contributed by atoms with Gasteiger partial charge in [-0.1, -0.05) is 36.8 Å². The topological polar surface area (TPSA) is 63.1 Å². The van der Waals surface area contributed by atoms with Gasteiger partial charge in [0.25, 0.3) is 0 Å². The molecule has 2 fully saturated rings. The third-order valence-electron chi connectivity index (χ3n) is 6.83. The van der Waals surface area contributed by atoms with Crippen LogP contribution in [0.15, 0.2) is 35.3 Å². The first-order valence-corrected chi connectivity index (χ1v) is 11.8. The molecule has 2 saturated heterocycles. The molecule has 2 heterocycles. The lowest BCUT2D eigenvalue weighted by Gasteiger charge is -2.49. The summed E-state index contributed by atoms with van der Waals surface area (Å²) in [6.07, 6.45) is 6.37. The molecule has 1 aromatic carbocycles. The highest BCUT2D eigenvalue weighted by molar-refractivity contribution is 14.0. The van der Waals surface area contributed by atoms with Crippen LogP contribution in [0.3, 0.4) is 0 Å². The predicted octanol–water partition coefficient (Wildman–Crippen LogP) is 2.89. The first-order chi connectivity index (χ1) is 14.7. The molecule has 176 valence electrons. The van der Waals surface area contributed by atoms with Crippen molar-refractivity contribution in [3.8, 4) is 0 Å². The van der Waals surface area contributed by atoms with Gasteiger partial charge in [0.05, 0.1) is 13.2 Å². The summed E-state index contributed by atoms with van der Waals surface area (Å²) in [5.41, 5.74) is 1.34. The summed E-state index contributed by atoms with van der Waals surface area (Å²) >= 11 is 0. The first-order valence-electron chi connectivity index (χ1n) is 11.8. The fraction of sp³-hybridized carbons (Fsp3) is 0.708. The van der Waals surface area contributed by atoms with Crippen LogP contribution >= 0.6 is 24.0 Å². The number of aliphatic hydroxyl groups excluding tert-OH is 1. The molecule has 2 aliphatic rings. The Hall–Kier alpha value is -0.900. The second kappa shape index (κ2) is 13.6. The van der Waals surface area contributed by atoms with E-state index in [0.29, 0.717) is 6.54 Å². The van der Waals surface area contributed by atoms with Crippen molar-refractivity contribution in [1.29, 1.82) is 0 Å². The number of rotatable bonds is 8. The van der Waals surface area contributed by atoms with Crippen LogP contribution in [-0.2, 0) is 0 Å². The maximum absolute atomic E-state index is 9.88. The lowest BCUT2D eigenvalue weighted by atomic mass is 9.84. The van der Waals surface area contributed by atoms with E-state index < -0.39 is 0 Å². The van der Waals surface area contributed by atoms with Gasteiger partial charge in [0, 0.05) is 24.5 Å². The third kappa shape index (κ3) is 7.58. The molecular weight excluding hydrogens is 501 g/mol. The van der Waals surface area contributed by atoms with E-state index >= 15 is 0 Å². The largest absolute Gasteiger partial charge is 0.396 e. The number of nitrogens with one attached hydrogen (secondary N) is 2. The highest BCUT2D eigenvalue weighted by Gasteiger charge is 2.39. The van der Waals surface area contributed by atoms with Crippen molar-refractivity contribution in [1.82, 2.24) is 20.4 Å². The van der Waals surface area contributed by atoms with Gasteiger partial charge in [0.15, 0.2) is 5.96 Å². The molecular formula is C24H42IN5O. The number of hydrogen-bond acceptors (Lipinski definition) is 4. The minimum atomic E-state index is 0. The fourth-order valence-electron chi connectivity index (χ4n) is 4.78. The normalized spacial score (nSPS) is 21.2. The highest BCUT2D eigenvalue weighted by atomic mass is 127. The van der Waals surface area contributed by atoms with Crippen LogP contribution < -0.4 is 10.6 Å². The summed E-state index contributed by atoms with van der Waals surface area (Å²) in [6.45, 7) is 9.30. The van der Waals surface area contributed by atoms with Gasteiger partial charge in [-0.3, -0.25) is 9.89 Å². The molecule has 0 radical (unpaired) electrons. The molecule has 0 saturated carbocycles. The van der Waals surface area contributed by atoms with Crippen molar-refractivity contribution in [2.24, 2.45) is 4.99 Å². The van der Waals surface area contributed by atoms with E-state index in [2.05, 4.69) is 46.5 Å². The number of aliphatic imine (C=N–C) groups is 1. The number of benzene rings is 1. The summed E-state index contributed by atoms with van der Waals surface area (Å²) in [5, 5.41) is 16.8. The molecule has 0 spiro atoms. The third-order valence-corrected chi connectivity index (χ3v) is 6.83. The Morgan fingerprint density at radius 3 is 2.35 bits per heavy atom. The zero-order valence-corrected chi connectivity index (χ0v) is 21.7. The molecule has 0 bridgehead atoms. The van der Waals surface area contributed by atoms with E-state index in [4.69, 9.17) is 4.99 Å². The second-order valence-electron chi connectivity index (χ2n) is 8.94. The van der Waals surface area contributed by atoms with E-state index in [0.717, 1.165) is 37.7 Å². The number of aliphatic hydroxyl groups is 1. The molecule has 0 aromatic heterocycles. The Labute approximate surface area is 205 Å². The fourth-order valence-corrected chi connectivity index (χ4v) is 4.78. The van der Waals surface area contributed by atoms with Gasteiger partial charge in [0.2, 0.25) is 0 Å². The lowest BCUT2D eigenvalue weighted by molar-refractivity contribution is 0.0208. The van der Waals surface area contributed by atoms with Gasteiger partial charge in [-0.25, -0.2) is 0 Å². The standard InChI is InChI=1S/C24H41N5O.HI/c1-3-25-23(26-18-22(19-30)21-10-6-4-7-11-21)27-20-24(12-16-28(2)17-13-24)29-14-8-5-9-15-29;/h4,6-7,10-11,22,30H,3,5,8-9,12-20H2,1-2H3,(H2,25,26,27);1H. The lowest BCUT2D eigenvalue weighted by Crippen LogP contribution is -2.58. The van der Waals surface area contributed by atoms with E-state index in [9.17, 15) is 5.11 Å². The second-order valence-corrected chi connectivity index (χ2v) is 8.94. The number of guanidine groups is 1. The monoisotopic (exact) mass is 543 g/mol. The molecule has 6 nitrogen and oxygen atoms in total.